The molecule has 3 N–H and O–H groups in total. The quantitative estimate of drug-likeness (QED) is 0.508. The first-order chi connectivity index (χ1) is 9.04. The number of halogens is 1. The number of nitrogens with zero attached hydrogens (tertiary/aromatic N) is 3. The molecule has 0 atom stereocenters. The van der Waals surface area contributed by atoms with Crippen LogP contribution in [0.15, 0.2) is 34.9 Å². The molecule has 0 aliphatic rings. The first-order valence-electron chi connectivity index (χ1n) is 5.32. The first-order valence-corrected chi connectivity index (χ1v) is 6.11. The van der Waals surface area contributed by atoms with Crippen LogP contribution >= 0.6 is 15.9 Å². The van der Waals surface area contributed by atoms with Gasteiger partial charge in [-0.15, -0.1) is 0 Å². The summed E-state index contributed by atoms with van der Waals surface area (Å²) >= 11 is 3.21. The molecule has 1 heterocycles. The van der Waals surface area contributed by atoms with Crippen molar-refractivity contribution >= 4 is 33.4 Å². The van der Waals surface area contributed by atoms with Gasteiger partial charge in [-0.1, -0.05) is 12.1 Å². The summed E-state index contributed by atoms with van der Waals surface area (Å²) in [5, 5.41) is 13.6. The summed E-state index contributed by atoms with van der Waals surface area (Å²) in [6, 6.07) is 7.93. The molecule has 98 valence electrons. The van der Waals surface area contributed by atoms with E-state index in [1.807, 2.05) is 0 Å². The molecule has 0 aliphatic carbocycles. The number of nitrogens with one attached hydrogen (secondary N) is 1. The zero-order chi connectivity index (χ0) is 13.8. The number of benzene rings is 1. The van der Waals surface area contributed by atoms with Gasteiger partial charge in [0.05, 0.1) is 4.92 Å². The summed E-state index contributed by atoms with van der Waals surface area (Å²) in [4.78, 5) is 18.3. The van der Waals surface area contributed by atoms with Crippen molar-refractivity contribution in [3.63, 3.8) is 0 Å². The lowest BCUT2D eigenvalue weighted by Crippen LogP contribution is -2.05. The Hall–Kier alpha value is -2.22. The van der Waals surface area contributed by atoms with Crippen molar-refractivity contribution in [2.24, 2.45) is 0 Å². The molecule has 8 heteroatoms. The van der Waals surface area contributed by atoms with Gasteiger partial charge in [0, 0.05) is 24.7 Å². The molecule has 0 saturated heterocycles. The van der Waals surface area contributed by atoms with Crippen molar-refractivity contribution in [3.05, 3.63) is 50.6 Å². The van der Waals surface area contributed by atoms with E-state index in [1.165, 1.54) is 12.1 Å². The van der Waals surface area contributed by atoms with E-state index in [9.17, 15) is 10.1 Å². The molecular weight excluding hydrogens is 314 g/mol. The topological polar surface area (TPSA) is 107 Å². The Bertz CT molecular complexity index is 600. The molecule has 2 rings (SSSR count). The summed E-state index contributed by atoms with van der Waals surface area (Å²) in [5.41, 5.74) is 6.39. The standard InChI is InChI=1S/C11H10BrN5O2/c12-9-5-10(13)16-11(15-9)14-6-7-2-1-3-8(4-7)17(18)19/h1-5H,6H2,(H3,13,14,15,16). The van der Waals surface area contributed by atoms with Crippen molar-refractivity contribution in [2.75, 3.05) is 11.1 Å². The smallest absolute Gasteiger partial charge is 0.269 e. The molecule has 0 radical (unpaired) electrons. The van der Waals surface area contributed by atoms with Gasteiger partial charge in [-0.05, 0) is 21.5 Å². The van der Waals surface area contributed by atoms with E-state index in [0.29, 0.717) is 22.9 Å². The number of aromatic nitrogens is 2. The second-order valence-electron chi connectivity index (χ2n) is 3.72. The van der Waals surface area contributed by atoms with Gasteiger partial charge in [0.15, 0.2) is 0 Å². The van der Waals surface area contributed by atoms with Gasteiger partial charge in [-0.25, -0.2) is 4.98 Å². The number of nitrogen functional groups attached to an aromatic ring is 1. The molecule has 0 unspecified atom stereocenters. The normalized spacial score (nSPS) is 10.2. The highest BCUT2D eigenvalue weighted by Gasteiger charge is 2.06. The number of nitro groups is 1. The van der Waals surface area contributed by atoms with E-state index >= 15 is 0 Å². The Morgan fingerprint density at radius 3 is 2.84 bits per heavy atom. The van der Waals surface area contributed by atoms with Crippen molar-refractivity contribution in [2.45, 2.75) is 6.54 Å². The lowest BCUT2D eigenvalue weighted by atomic mass is 10.2. The third kappa shape index (κ3) is 3.62. The Morgan fingerprint density at radius 1 is 1.37 bits per heavy atom. The van der Waals surface area contributed by atoms with Gasteiger partial charge >= 0.3 is 0 Å². The van der Waals surface area contributed by atoms with E-state index in [2.05, 4.69) is 31.2 Å². The van der Waals surface area contributed by atoms with Crippen molar-refractivity contribution in [1.29, 1.82) is 0 Å². The summed E-state index contributed by atoms with van der Waals surface area (Å²) in [7, 11) is 0. The van der Waals surface area contributed by atoms with Gasteiger partial charge in [0.1, 0.15) is 10.4 Å². The van der Waals surface area contributed by atoms with E-state index in [-0.39, 0.29) is 5.69 Å². The van der Waals surface area contributed by atoms with Crippen LogP contribution in [0.2, 0.25) is 0 Å². The molecule has 7 nitrogen and oxygen atoms in total. The lowest BCUT2D eigenvalue weighted by molar-refractivity contribution is -0.384. The molecule has 0 fully saturated rings. The number of hydrogen-bond acceptors (Lipinski definition) is 6. The minimum Gasteiger partial charge on any atom is -0.383 e. The molecule has 0 spiro atoms. The summed E-state index contributed by atoms with van der Waals surface area (Å²) in [6.07, 6.45) is 0. The fourth-order valence-corrected chi connectivity index (χ4v) is 1.88. The molecule has 19 heavy (non-hydrogen) atoms. The zero-order valence-electron chi connectivity index (χ0n) is 9.71. The van der Waals surface area contributed by atoms with Gasteiger partial charge in [-0.3, -0.25) is 10.1 Å². The second-order valence-corrected chi connectivity index (χ2v) is 4.53. The van der Waals surface area contributed by atoms with E-state index in [0.717, 1.165) is 5.56 Å². The van der Waals surface area contributed by atoms with E-state index in [1.54, 1.807) is 18.2 Å². The number of anilines is 2. The SMILES string of the molecule is Nc1cc(Br)nc(NCc2cccc([N+](=O)[O-])c2)n1. The third-order valence-electron chi connectivity index (χ3n) is 2.29. The predicted octanol–water partition coefficient (Wildman–Crippen LogP) is 2.34. The van der Waals surface area contributed by atoms with Crippen molar-refractivity contribution in [3.8, 4) is 0 Å². The molecule has 0 saturated carbocycles. The maximum absolute atomic E-state index is 10.7. The van der Waals surface area contributed by atoms with Gasteiger partial charge in [0.25, 0.3) is 5.69 Å². The Morgan fingerprint density at radius 2 is 2.16 bits per heavy atom. The largest absolute Gasteiger partial charge is 0.383 e. The second kappa shape index (κ2) is 5.61. The molecular formula is C11H10BrN5O2. The number of nitro benzene ring substituents is 1. The van der Waals surface area contributed by atoms with E-state index < -0.39 is 4.92 Å². The van der Waals surface area contributed by atoms with Crippen LogP contribution < -0.4 is 11.1 Å². The Balaban J connectivity index is 2.10. The summed E-state index contributed by atoms with van der Waals surface area (Å²) < 4.78 is 0.571. The predicted molar refractivity (Wildman–Crippen MR) is 74.6 cm³/mol. The molecule has 0 amide bonds. The van der Waals surface area contributed by atoms with Crippen LogP contribution in [-0.4, -0.2) is 14.9 Å². The number of hydrogen-bond donors (Lipinski definition) is 2. The minimum absolute atomic E-state index is 0.0500. The lowest BCUT2D eigenvalue weighted by Gasteiger charge is -2.06. The van der Waals surface area contributed by atoms with Gasteiger partial charge in [-0.2, -0.15) is 4.98 Å². The van der Waals surface area contributed by atoms with Crippen LogP contribution in [0.3, 0.4) is 0 Å². The maximum Gasteiger partial charge on any atom is 0.269 e. The van der Waals surface area contributed by atoms with Crippen LogP contribution in [0.4, 0.5) is 17.5 Å². The van der Waals surface area contributed by atoms with Crippen LogP contribution in [-0.2, 0) is 6.54 Å². The average Bonchev–Trinajstić information content (AvgIpc) is 2.35. The van der Waals surface area contributed by atoms with Crippen molar-refractivity contribution in [1.82, 2.24) is 9.97 Å². The monoisotopic (exact) mass is 323 g/mol. The fourth-order valence-electron chi connectivity index (χ4n) is 1.48. The zero-order valence-corrected chi connectivity index (χ0v) is 11.3. The highest BCUT2D eigenvalue weighted by atomic mass is 79.9. The van der Waals surface area contributed by atoms with Crippen molar-refractivity contribution < 1.29 is 4.92 Å². The highest BCUT2D eigenvalue weighted by molar-refractivity contribution is 9.10. The van der Waals surface area contributed by atoms with Crippen LogP contribution in [0.5, 0.6) is 0 Å². The molecule has 2 aromatic rings. The Labute approximate surface area is 117 Å². The Kier molecular flexibility index (Phi) is 3.91. The van der Waals surface area contributed by atoms with E-state index in [4.69, 9.17) is 5.73 Å². The number of rotatable bonds is 4. The third-order valence-corrected chi connectivity index (χ3v) is 2.69. The summed E-state index contributed by atoms with van der Waals surface area (Å²) in [6.45, 7) is 0.373. The number of nitrogens with two attached hydrogens (primary N) is 1. The fraction of sp³-hybridized carbons (Fsp3) is 0.0909. The number of non-ortho nitro benzene ring substituents is 1. The summed E-state index contributed by atoms with van der Waals surface area (Å²) in [5.74, 6) is 0.696. The van der Waals surface area contributed by atoms with Crippen LogP contribution in [0, 0.1) is 10.1 Å². The van der Waals surface area contributed by atoms with Crippen LogP contribution in [0.1, 0.15) is 5.56 Å². The molecule has 0 aliphatic heterocycles. The first kappa shape index (κ1) is 13.2. The van der Waals surface area contributed by atoms with Gasteiger partial charge in [0.2, 0.25) is 5.95 Å². The molecule has 0 bridgehead atoms. The molecule has 1 aromatic carbocycles. The van der Waals surface area contributed by atoms with Crippen LogP contribution in [0.25, 0.3) is 0 Å². The van der Waals surface area contributed by atoms with Gasteiger partial charge < -0.3 is 11.1 Å². The molecule has 1 aromatic heterocycles. The average molecular weight is 324 g/mol. The maximum atomic E-state index is 10.7. The minimum atomic E-state index is -0.433. The highest BCUT2D eigenvalue weighted by Crippen LogP contribution is 2.15.